The number of imidazole rings is 1. The van der Waals surface area contributed by atoms with E-state index in [4.69, 9.17) is 12.2 Å². The van der Waals surface area contributed by atoms with Gasteiger partial charge in [-0.25, -0.2) is 4.98 Å². The second kappa shape index (κ2) is 5.51. The van der Waals surface area contributed by atoms with E-state index in [9.17, 15) is 13.2 Å². The third-order valence-electron chi connectivity index (χ3n) is 2.50. The molecule has 0 aliphatic rings. The smallest absolute Gasteiger partial charge is 0.383 e. The van der Waals surface area contributed by atoms with Crippen molar-refractivity contribution in [2.75, 3.05) is 5.73 Å². The highest BCUT2D eigenvalue weighted by Gasteiger charge is 2.29. The zero-order valence-electron chi connectivity index (χ0n) is 10.2. The van der Waals surface area contributed by atoms with Crippen LogP contribution in [-0.2, 0) is 6.54 Å². The van der Waals surface area contributed by atoms with Crippen molar-refractivity contribution in [2.45, 2.75) is 16.9 Å². The van der Waals surface area contributed by atoms with Gasteiger partial charge in [0.1, 0.15) is 11.5 Å². The number of halogens is 3. The van der Waals surface area contributed by atoms with Gasteiger partial charge >= 0.3 is 5.51 Å². The maximum Gasteiger partial charge on any atom is 0.446 e. The van der Waals surface area contributed by atoms with Crippen molar-refractivity contribution < 1.29 is 13.2 Å². The van der Waals surface area contributed by atoms with E-state index in [1.54, 1.807) is 16.7 Å². The lowest BCUT2D eigenvalue weighted by atomic mass is 10.1. The van der Waals surface area contributed by atoms with E-state index >= 15 is 0 Å². The number of nitrogen functional groups attached to an aromatic ring is 1. The maximum absolute atomic E-state index is 12.2. The number of anilines is 1. The van der Waals surface area contributed by atoms with Gasteiger partial charge in [-0.1, -0.05) is 18.1 Å². The maximum atomic E-state index is 12.2. The molecule has 0 amide bonds. The summed E-state index contributed by atoms with van der Waals surface area (Å²) in [6.45, 7) is 0.293. The van der Waals surface area contributed by atoms with Crippen LogP contribution in [0.1, 0.15) is 0 Å². The number of rotatable bonds is 3. The van der Waals surface area contributed by atoms with E-state index in [1.807, 2.05) is 0 Å². The lowest BCUT2D eigenvalue weighted by Crippen LogP contribution is -2.00. The largest absolute Gasteiger partial charge is 0.446 e. The molecule has 0 spiro atoms. The summed E-state index contributed by atoms with van der Waals surface area (Å²) >= 11 is -0.161. The van der Waals surface area contributed by atoms with E-state index in [0.717, 1.165) is 0 Å². The summed E-state index contributed by atoms with van der Waals surface area (Å²) in [4.78, 5) is 4.24. The van der Waals surface area contributed by atoms with Crippen LogP contribution in [-0.4, -0.2) is 15.1 Å². The van der Waals surface area contributed by atoms with Crippen LogP contribution in [0.3, 0.4) is 0 Å². The summed E-state index contributed by atoms with van der Waals surface area (Å²) in [5.74, 6) is 2.83. The van der Waals surface area contributed by atoms with Gasteiger partial charge in [0.25, 0.3) is 0 Å². The van der Waals surface area contributed by atoms with Gasteiger partial charge in [0, 0.05) is 10.5 Å². The van der Waals surface area contributed by atoms with Gasteiger partial charge in [-0.15, -0.1) is 6.42 Å². The number of nitrogens with two attached hydrogens (primary N) is 1. The van der Waals surface area contributed by atoms with Crippen LogP contribution in [0, 0.1) is 12.3 Å². The molecule has 7 heteroatoms. The fourth-order valence-corrected chi connectivity index (χ4v) is 2.19. The zero-order chi connectivity index (χ0) is 14.8. The molecule has 0 aliphatic heterocycles. The summed E-state index contributed by atoms with van der Waals surface area (Å²) in [6.07, 6.45) is 6.70. The van der Waals surface area contributed by atoms with E-state index in [2.05, 4.69) is 10.9 Å². The van der Waals surface area contributed by atoms with Crippen molar-refractivity contribution in [2.24, 2.45) is 0 Å². The quantitative estimate of drug-likeness (QED) is 0.697. The van der Waals surface area contributed by atoms with E-state index in [0.29, 0.717) is 23.6 Å². The lowest BCUT2D eigenvalue weighted by molar-refractivity contribution is -0.0328. The monoisotopic (exact) mass is 297 g/mol. The molecule has 2 rings (SSSR count). The summed E-state index contributed by atoms with van der Waals surface area (Å²) in [5, 5.41) is 0. The first-order valence-electron chi connectivity index (χ1n) is 5.51. The first kappa shape index (κ1) is 14.3. The second-order valence-corrected chi connectivity index (χ2v) is 5.02. The Labute approximate surface area is 118 Å². The van der Waals surface area contributed by atoms with Crippen molar-refractivity contribution >= 4 is 17.6 Å². The molecule has 20 heavy (non-hydrogen) atoms. The lowest BCUT2D eigenvalue weighted by Gasteiger charge is -2.06. The molecule has 0 fully saturated rings. The van der Waals surface area contributed by atoms with Crippen molar-refractivity contribution in [1.29, 1.82) is 0 Å². The van der Waals surface area contributed by atoms with E-state index in [-0.39, 0.29) is 16.7 Å². The molecule has 0 saturated carbocycles. The molecule has 1 heterocycles. The van der Waals surface area contributed by atoms with Crippen LogP contribution in [0.15, 0.2) is 35.5 Å². The third-order valence-corrected chi connectivity index (χ3v) is 3.24. The Balaban J connectivity index is 2.24. The summed E-state index contributed by atoms with van der Waals surface area (Å²) < 4.78 is 38.3. The molecular weight excluding hydrogens is 287 g/mol. The van der Waals surface area contributed by atoms with Gasteiger partial charge in [0.2, 0.25) is 0 Å². The molecule has 2 N–H and O–H groups in total. The predicted octanol–water partition coefficient (Wildman–Crippen LogP) is 3.38. The number of aromatic nitrogens is 2. The normalized spacial score (nSPS) is 11.3. The highest BCUT2D eigenvalue weighted by Crippen LogP contribution is 2.37. The number of alkyl halides is 3. The van der Waals surface area contributed by atoms with Crippen LogP contribution < -0.4 is 5.73 Å². The average molecular weight is 297 g/mol. The molecule has 0 atom stereocenters. The van der Waals surface area contributed by atoms with E-state index < -0.39 is 5.51 Å². The number of terminal acetylenes is 1. The molecule has 0 unspecified atom stereocenters. The molecule has 0 radical (unpaired) electrons. The molecule has 3 nitrogen and oxygen atoms in total. The fraction of sp³-hybridized carbons (Fsp3) is 0.154. The van der Waals surface area contributed by atoms with Crippen LogP contribution in [0.25, 0.3) is 11.3 Å². The molecule has 104 valence electrons. The van der Waals surface area contributed by atoms with Gasteiger partial charge in [-0.2, -0.15) is 13.2 Å². The minimum absolute atomic E-state index is 0.114. The van der Waals surface area contributed by atoms with Gasteiger partial charge in [-0.05, 0) is 23.9 Å². The predicted molar refractivity (Wildman–Crippen MR) is 72.8 cm³/mol. The highest BCUT2D eigenvalue weighted by molar-refractivity contribution is 8.00. The van der Waals surface area contributed by atoms with Gasteiger partial charge in [0.05, 0.1) is 12.9 Å². The van der Waals surface area contributed by atoms with Gasteiger partial charge in [0.15, 0.2) is 0 Å². The molecule has 1 aromatic carbocycles. The van der Waals surface area contributed by atoms with Gasteiger partial charge < -0.3 is 10.3 Å². The van der Waals surface area contributed by atoms with Crippen molar-refractivity contribution in [3.05, 3.63) is 30.6 Å². The Kier molecular flexibility index (Phi) is 3.95. The minimum atomic E-state index is -4.30. The van der Waals surface area contributed by atoms with Gasteiger partial charge in [-0.3, -0.25) is 0 Å². The first-order chi connectivity index (χ1) is 9.40. The molecule has 2 aromatic rings. The number of thioether (sulfide) groups is 1. The molecule has 1 aromatic heterocycles. The van der Waals surface area contributed by atoms with Crippen molar-refractivity contribution in [3.8, 4) is 23.6 Å². The van der Waals surface area contributed by atoms with Crippen LogP contribution in [0.2, 0.25) is 0 Å². The molecule has 0 saturated heterocycles. The Morgan fingerprint density at radius 3 is 2.50 bits per heavy atom. The molecule has 0 aliphatic carbocycles. The summed E-state index contributed by atoms with van der Waals surface area (Å²) in [5.41, 5.74) is 2.73. The zero-order valence-corrected chi connectivity index (χ0v) is 11.0. The third kappa shape index (κ3) is 3.27. The van der Waals surface area contributed by atoms with E-state index in [1.165, 1.54) is 18.5 Å². The Hall–Kier alpha value is -2.07. The topological polar surface area (TPSA) is 43.8 Å². The highest BCUT2D eigenvalue weighted by atomic mass is 32.2. The Morgan fingerprint density at radius 1 is 1.30 bits per heavy atom. The Bertz CT molecular complexity index is 638. The van der Waals surface area contributed by atoms with Crippen LogP contribution in [0.5, 0.6) is 0 Å². The molecular formula is C13H10F3N3S. The first-order valence-corrected chi connectivity index (χ1v) is 6.32. The van der Waals surface area contributed by atoms with Crippen LogP contribution >= 0.6 is 11.8 Å². The number of hydrogen-bond acceptors (Lipinski definition) is 3. The number of hydrogen-bond donors (Lipinski definition) is 1. The number of benzene rings is 1. The van der Waals surface area contributed by atoms with Crippen molar-refractivity contribution in [3.63, 3.8) is 0 Å². The minimum Gasteiger partial charge on any atom is -0.383 e. The van der Waals surface area contributed by atoms with Crippen molar-refractivity contribution in [1.82, 2.24) is 9.55 Å². The fourth-order valence-electron chi connectivity index (χ4n) is 1.65. The van der Waals surface area contributed by atoms with Crippen LogP contribution in [0.4, 0.5) is 19.0 Å². The summed E-state index contributed by atoms with van der Waals surface area (Å²) in [7, 11) is 0. The standard InChI is InChI=1S/C13H10F3N3S/c1-2-7-19-8-18-11(12(19)17)9-3-5-10(6-4-9)20-13(14,15)16/h1,3-6,8H,7,17H2. The molecule has 0 bridgehead atoms. The average Bonchev–Trinajstić information content (AvgIpc) is 2.71. The SMILES string of the molecule is C#CCn1cnc(-c2ccc(SC(F)(F)F)cc2)c1N. The second-order valence-electron chi connectivity index (χ2n) is 3.88. The summed E-state index contributed by atoms with van der Waals surface area (Å²) in [6, 6.07) is 5.86. The number of nitrogens with zero attached hydrogens (tertiary/aromatic N) is 2. The Morgan fingerprint density at radius 2 is 1.95 bits per heavy atom.